The molecule has 0 fully saturated rings. The molecule has 0 unspecified atom stereocenters. The number of hydrogen-bond donors (Lipinski definition) is 1. The third-order valence-electron chi connectivity index (χ3n) is 3.06. The highest BCUT2D eigenvalue weighted by Gasteiger charge is 2.14. The van der Waals surface area contributed by atoms with Crippen molar-refractivity contribution in [2.45, 2.75) is 13.5 Å². The molecule has 2 rings (SSSR count). The smallest absolute Gasteiger partial charge is 0.255 e. The summed E-state index contributed by atoms with van der Waals surface area (Å²) < 4.78 is 5.55. The Labute approximate surface area is 123 Å². The van der Waals surface area contributed by atoms with Crippen LogP contribution in [0.25, 0.3) is 0 Å². The number of aromatic nitrogens is 1. The topological polar surface area (TPSA) is 62.4 Å². The number of ether oxygens (including phenoxy) is 1. The van der Waals surface area contributed by atoms with Crippen LogP contribution >= 0.6 is 0 Å². The average molecular weight is 286 g/mol. The molecule has 0 saturated heterocycles. The highest BCUT2D eigenvalue weighted by atomic mass is 16.5. The number of aromatic amines is 1. The highest BCUT2D eigenvalue weighted by molar-refractivity contribution is 5.93. The van der Waals surface area contributed by atoms with Crippen LogP contribution in [0.2, 0.25) is 0 Å². The molecule has 0 spiro atoms. The van der Waals surface area contributed by atoms with E-state index in [1.165, 1.54) is 18.3 Å². The summed E-state index contributed by atoms with van der Waals surface area (Å²) in [6.07, 6.45) is 1.43. The maximum absolute atomic E-state index is 12.3. The van der Waals surface area contributed by atoms with Gasteiger partial charge in [-0.2, -0.15) is 0 Å². The monoisotopic (exact) mass is 286 g/mol. The molecule has 1 aromatic carbocycles. The molecule has 0 atom stereocenters. The number of carbonyl (C=O) groups excluding carboxylic acids is 1. The van der Waals surface area contributed by atoms with Crippen LogP contribution in [0.1, 0.15) is 22.8 Å². The molecule has 21 heavy (non-hydrogen) atoms. The van der Waals surface area contributed by atoms with Gasteiger partial charge in [0.05, 0.1) is 12.2 Å². The van der Waals surface area contributed by atoms with Crippen LogP contribution < -0.4 is 10.3 Å². The van der Waals surface area contributed by atoms with Gasteiger partial charge in [0.25, 0.3) is 5.91 Å². The molecule has 0 aliphatic heterocycles. The van der Waals surface area contributed by atoms with Crippen LogP contribution in [-0.2, 0) is 6.54 Å². The summed E-state index contributed by atoms with van der Waals surface area (Å²) in [7, 11) is 1.72. The predicted molar refractivity (Wildman–Crippen MR) is 80.5 cm³/mol. The van der Waals surface area contributed by atoms with E-state index in [2.05, 4.69) is 4.98 Å². The minimum atomic E-state index is -0.226. The van der Waals surface area contributed by atoms with E-state index >= 15 is 0 Å². The number of benzene rings is 1. The average Bonchev–Trinajstić information content (AvgIpc) is 2.49. The molecule has 1 amide bonds. The largest absolute Gasteiger partial charge is 0.494 e. The number of hydrogen-bond acceptors (Lipinski definition) is 3. The first kappa shape index (κ1) is 14.8. The third kappa shape index (κ3) is 3.72. The van der Waals surface area contributed by atoms with E-state index in [0.717, 1.165) is 11.3 Å². The molecule has 1 N–H and O–H groups in total. The van der Waals surface area contributed by atoms with Gasteiger partial charge in [0, 0.05) is 31.4 Å². The molecule has 0 radical (unpaired) electrons. The summed E-state index contributed by atoms with van der Waals surface area (Å²) in [5.74, 6) is 0.624. The van der Waals surface area contributed by atoms with Gasteiger partial charge < -0.3 is 14.6 Å². The fourth-order valence-electron chi connectivity index (χ4n) is 2.02. The van der Waals surface area contributed by atoms with E-state index in [1.54, 1.807) is 11.9 Å². The van der Waals surface area contributed by atoms with Gasteiger partial charge in [-0.1, -0.05) is 18.2 Å². The van der Waals surface area contributed by atoms with Crippen LogP contribution in [0, 0.1) is 0 Å². The Morgan fingerprint density at radius 3 is 2.67 bits per heavy atom. The lowest BCUT2D eigenvalue weighted by atomic mass is 10.1. The quantitative estimate of drug-likeness (QED) is 0.915. The normalized spacial score (nSPS) is 10.2. The Bertz CT molecular complexity index is 659. The predicted octanol–water partition coefficient (Wildman–Crippen LogP) is 2.05. The van der Waals surface area contributed by atoms with Crippen molar-refractivity contribution in [2.75, 3.05) is 13.7 Å². The summed E-state index contributed by atoms with van der Waals surface area (Å²) >= 11 is 0. The molecule has 1 heterocycles. The minimum absolute atomic E-state index is 0.155. The van der Waals surface area contributed by atoms with Gasteiger partial charge in [-0.15, -0.1) is 0 Å². The van der Waals surface area contributed by atoms with Crippen molar-refractivity contribution in [3.63, 3.8) is 0 Å². The lowest BCUT2D eigenvalue weighted by molar-refractivity contribution is 0.0783. The van der Waals surface area contributed by atoms with Crippen LogP contribution in [0.15, 0.2) is 47.4 Å². The Balaban J connectivity index is 2.14. The number of pyridine rings is 1. The number of carbonyl (C=O) groups is 1. The standard InChI is InChI=1S/C16H18N2O3/c1-3-21-14-7-5-4-6-13(14)11-18(2)16(20)12-8-9-15(19)17-10-12/h4-10H,3,11H2,1-2H3,(H,17,19). The minimum Gasteiger partial charge on any atom is -0.494 e. The van der Waals surface area contributed by atoms with Crippen molar-refractivity contribution in [3.8, 4) is 5.75 Å². The third-order valence-corrected chi connectivity index (χ3v) is 3.06. The summed E-state index contributed by atoms with van der Waals surface area (Å²) in [6.45, 7) is 2.94. The second kappa shape index (κ2) is 6.74. The Morgan fingerprint density at radius 2 is 2.00 bits per heavy atom. The van der Waals surface area contributed by atoms with E-state index in [4.69, 9.17) is 4.74 Å². The summed E-state index contributed by atoms with van der Waals surface area (Å²) in [6, 6.07) is 10.5. The first-order valence-corrected chi connectivity index (χ1v) is 6.76. The van der Waals surface area contributed by atoms with E-state index in [-0.39, 0.29) is 11.5 Å². The molecule has 0 aliphatic rings. The highest BCUT2D eigenvalue weighted by Crippen LogP contribution is 2.20. The van der Waals surface area contributed by atoms with Crippen molar-refractivity contribution in [3.05, 3.63) is 64.1 Å². The van der Waals surface area contributed by atoms with Crippen molar-refractivity contribution in [1.82, 2.24) is 9.88 Å². The molecule has 2 aromatic rings. The van der Waals surface area contributed by atoms with Gasteiger partial charge >= 0.3 is 0 Å². The Kier molecular flexibility index (Phi) is 4.77. The zero-order valence-corrected chi connectivity index (χ0v) is 12.1. The number of nitrogens with one attached hydrogen (secondary N) is 1. The SMILES string of the molecule is CCOc1ccccc1CN(C)C(=O)c1ccc(=O)[nH]c1. The van der Waals surface area contributed by atoms with Crippen LogP contribution in [0.4, 0.5) is 0 Å². The zero-order valence-electron chi connectivity index (χ0n) is 12.1. The van der Waals surface area contributed by atoms with E-state index < -0.39 is 0 Å². The number of rotatable bonds is 5. The van der Waals surface area contributed by atoms with Crippen molar-refractivity contribution >= 4 is 5.91 Å². The summed E-state index contributed by atoms with van der Waals surface area (Å²) in [5, 5.41) is 0. The second-order valence-corrected chi connectivity index (χ2v) is 4.64. The van der Waals surface area contributed by atoms with Crippen LogP contribution in [-0.4, -0.2) is 29.4 Å². The number of nitrogens with zero attached hydrogens (tertiary/aromatic N) is 1. The molecular weight excluding hydrogens is 268 g/mol. The molecule has 0 aliphatic carbocycles. The van der Waals surface area contributed by atoms with Gasteiger partial charge in [0.2, 0.25) is 5.56 Å². The molecule has 1 aromatic heterocycles. The fraction of sp³-hybridized carbons (Fsp3) is 0.250. The molecule has 5 heteroatoms. The van der Waals surface area contributed by atoms with Gasteiger partial charge in [0.15, 0.2) is 0 Å². The number of para-hydroxylation sites is 1. The van der Waals surface area contributed by atoms with Gasteiger partial charge in [-0.05, 0) is 19.1 Å². The molecule has 110 valence electrons. The van der Waals surface area contributed by atoms with Gasteiger partial charge in [-0.25, -0.2) is 0 Å². The Hall–Kier alpha value is -2.56. The van der Waals surface area contributed by atoms with Gasteiger partial charge in [-0.3, -0.25) is 9.59 Å². The molecule has 5 nitrogen and oxygen atoms in total. The number of amides is 1. The second-order valence-electron chi connectivity index (χ2n) is 4.64. The Morgan fingerprint density at radius 1 is 1.24 bits per heavy atom. The maximum Gasteiger partial charge on any atom is 0.255 e. The van der Waals surface area contributed by atoms with Crippen LogP contribution in [0.3, 0.4) is 0 Å². The first-order valence-electron chi connectivity index (χ1n) is 6.76. The van der Waals surface area contributed by atoms with Crippen LogP contribution in [0.5, 0.6) is 5.75 Å². The molecular formula is C16H18N2O3. The fourth-order valence-corrected chi connectivity index (χ4v) is 2.02. The summed E-state index contributed by atoms with van der Waals surface area (Å²) in [5.41, 5.74) is 1.17. The van der Waals surface area contributed by atoms with E-state index in [9.17, 15) is 9.59 Å². The molecule has 0 bridgehead atoms. The first-order chi connectivity index (χ1) is 10.1. The summed E-state index contributed by atoms with van der Waals surface area (Å²) in [4.78, 5) is 27.4. The maximum atomic E-state index is 12.3. The van der Waals surface area contributed by atoms with E-state index in [0.29, 0.717) is 18.7 Å². The lowest BCUT2D eigenvalue weighted by Crippen LogP contribution is -2.27. The van der Waals surface area contributed by atoms with Crippen molar-refractivity contribution in [1.29, 1.82) is 0 Å². The zero-order chi connectivity index (χ0) is 15.2. The van der Waals surface area contributed by atoms with Gasteiger partial charge in [0.1, 0.15) is 5.75 Å². The number of H-pyrrole nitrogens is 1. The van der Waals surface area contributed by atoms with Crippen molar-refractivity contribution in [2.24, 2.45) is 0 Å². The van der Waals surface area contributed by atoms with E-state index in [1.807, 2.05) is 31.2 Å². The lowest BCUT2D eigenvalue weighted by Gasteiger charge is -2.19. The molecule has 0 saturated carbocycles. The van der Waals surface area contributed by atoms with Crippen molar-refractivity contribution < 1.29 is 9.53 Å².